The molecule has 2 rings (SSSR count). The van der Waals surface area contributed by atoms with E-state index in [4.69, 9.17) is 10.0 Å². The van der Waals surface area contributed by atoms with E-state index in [9.17, 15) is 12.8 Å². The van der Waals surface area contributed by atoms with E-state index in [0.717, 1.165) is 6.07 Å². The molecule has 0 atom stereocenters. The highest BCUT2D eigenvalue weighted by atomic mass is 32.2. The molecule has 18 heavy (non-hydrogen) atoms. The predicted octanol–water partition coefficient (Wildman–Crippen LogP) is -0.959. The second-order valence-electron chi connectivity index (χ2n) is 4.27. The maximum absolute atomic E-state index is 13.3. The second-order valence-corrected chi connectivity index (χ2v) is 6.36. The Kier molecular flexibility index (Phi) is 3.72. The highest BCUT2D eigenvalue weighted by Crippen LogP contribution is 2.17. The summed E-state index contributed by atoms with van der Waals surface area (Å²) >= 11 is 0. The van der Waals surface area contributed by atoms with Crippen LogP contribution in [0.25, 0.3) is 0 Å². The maximum Gasteiger partial charge on any atom is 0.488 e. The summed E-state index contributed by atoms with van der Waals surface area (Å²) < 4.78 is 37.7. The lowest BCUT2D eigenvalue weighted by Gasteiger charge is -2.15. The zero-order valence-corrected chi connectivity index (χ0v) is 10.4. The lowest BCUT2D eigenvalue weighted by Crippen LogP contribution is -2.31. The molecule has 0 aliphatic carbocycles. The molecule has 8 heteroatoms. The molecule has 0 unspecified atom stereocenters. The molecule has 1 aromatic rings. The monoisotopic (exact) mass is 273 g/mol. The Labute approximate surface area is 105 Å². The van der Waals surface area contributed by atoms with E-state index in [1.54, 1.807) is 0 Å². The molecule has 0 bridgehead atoms. The minimum atomic E-state index is -3.25. The van der Waals surface area contributed by atoms with Crippen LogP contribution in [0.1, 0.15) is 12.0 Å². The SMILES string of the molecule is O=S1(=O)CCCN1Cc1cc(F)cc(B(O)O)c1. The van der Waals surface area contributed by atoms with Gasteiger partial charge in [-0.25, -0.2) is 12.8 Å². The Hall–Kier alpha value is -0.955. The lowest BCUT2D eigenvalue weighted by atomic mass is 9.79. The number of nitrogens with zero attached hydrogens (tertiary/aromatic N) is 1. The highest BCUT2D eigenvalue weighted by molar-refractivity contribution is 7.89. The third kappa shape index (κ3) is 2.89. The van der Waals surface area contributed by atoms with Crippen molar-refractivity contribution in [2.24, 2.45) is 0 Å². The molecule has 1 aliphatic rings. The van der Waals surface area contributed by atoms with Gasteiger partial charge in [0.05, 0.1) is 5.75 Å². The molecule has 98 valence electrons. The lowest BCUT2D eigenvalue weighted by molar-refractivity contribution is 0.424. The predicted molar refractivity (Wildman–Crippen MR) is 65.0 cm³/mol. The average Bonchev–Trinajstić information content (AvgIpc) is 2.57. The average molecular weight is 273 g/mol. The zero-order chi connectivity index (χ0) is 13.3. The van der Waals surface area contributed by atoms with Crippen molar-refractivity contribution in [3.05, 3.63) is 29.6 Å². The molecule has 1 aliphatic heterocycles. The molecule has 1 heterocycles. The zero-order valence-electron chi connectivity index (χ0n) is 9.58. The summed E-state index contributed by atoms with van der Waals surface area (Å²) in [6.07, 6.45) is 0.563. The van der Waals surface area contributed by atoms with Gasteiger partial charge in [0.2, 0.25) is 10.0 Å². The minimum absolute atomic E-state index is 0.0154. The van der Waals surface area contributed by atoms with Crippen molar-refractivity contribution in [2.75, 3.05) is 12.3 Å². The summed E-state index contributed by atoms with van der Waals surface area (Å²) in [5.41, 5.74) is 0.421. The van der Waals surface area contributed by atoms with E-state index in [2.05, 4.69) is 0 Å². The quantitative estimate of drug-likeness (QED) is 0.695. The third-order valence-electron chi connectivity index (χ3n) is 2.84. The Morgan fingerprint density at radius 1 is 1.33 bits per heavy atom. The highest BCUT2D eigenvalue weighted by Gasteiger charge is 2.28. The van der Waals surface area contributed by atoms with Crippen LogP contribution < -0.4 is 5.46 Å². The first-order chi connectivity index (χ1) is 8.38. The Morgan fingerprint density at radius 2 is 2.06 bits per heavy atom. The molecule has 1 saturated heterocycles. The molecular weight excluding hydrogens is 260 g/mol. The molecule has 2 N–H and O–H groups in total. The van der Waals surface area contributed by atoms with Gasteiger partial charge in [-0.3, -0.25) is 0 Å². The van der Waals surface area contributed by atoms with Crippen LogP contribution >= 0.6 is 0 Å². The minimum Gasteiger partial charge on any atom is -0.423 e. The largest absolute Gasteiger partial charge is 0.488 e. The van der Waals surface area contributed by atoms with Gasteiger partial charge < -0.3 is 10.0 Å². The van der Waals surface area contributed by atoms with Gasteiger partial charge in [-0.05, 0) is 29.6 Å². The maximum atomic E-state index is 13.3. The fourth-order valence-electron chi connectivity index (χ4n) is 1.99. The van der Waals surface area contributed by atoms with E-state index in [0.29, 0.717) is 18.5 Å². The normalized spacial score (nSPS) is 19.1. The second kappa shape index (κ2) is 4.97. The van der Waals surface area contributed by atoms with Crippen LogP contribution in [0.4, 0.5) is 4.39 Å². The molecule has 0 aromatic heterocycles. The van der Waals surface area contributed by atoms with E-state index < -0.39 is 23.0 Å². The van der Waals surface area contributed by atoms with Crippen molar-refractivity contribution in [1.82, 2.24) is 4.31 Å². The first-order valence-corrected chi connectivity index (χ1v) is 7.13. The Balaban J connectivity index is 2.24. The van der Waals surface area contributed by atoms with Crippen molar-refractivity contribution in [1.29, 1.82) is 0 Å². The number of hydrogen-bond acceptors (Lipinski definition) is 4. The van der Waals surface area contributed by atoms with Crippen molar-refractivity contribution < 1.29 is 22.9 Å². The van der Waals surface area contributed by atoms with E-state index in [1.165, 1.54) is 16.4 Å². The van der Waals surface area contributed by atoms with Crippen molar-refractivity contribution in [3.63, 3.8) is 0 Å². The van der Waals surface area contributed by atoms with Crippen LogP contribution in [-0.4, -0.2) is 42.2 Å². The van der Waals surface area contributed by atoms with Gasteiger partial charge in [0.15, 0.2) is 0 Å². The smallest absolute Gasteiger partial charge is 0.423 e. The molecule has 1 fully saturated rings. The van der Waals surface area contributed by atoms with Gasteiger partial charge >= 0.3 is 7.12 Å². The summed E-state index contributed by atoms with van der Waals surface area (Å²) in [6.45, 7) is 0.468. The number of halogens is 1. The number of rotatable bonds is 3. The van der Waals surface area contributed by atoms with Gasteiger partial charge in [0, 0.05) is 13.1 Å². The molecule has 0 saturated carbocycles. The summed E-state index contributed by atoms with van der Waals surface area (Å²) in [6, 6.07) is 3.59. The van der Waals surface area contributed by atoms with Crippen molar-refractivity contribution in [2.45, 2.75) is 13.0 Å². The summed E-state index contributed by atoms with van der Waals surface area (Å²) in [7, 11) is -5.01. The molecule has 0 radical (unpaired) electrons. The fraction of sp³-hybridized carbons (Fsp3) is 0.400. The number of sulfonamides is 1. The molecule has 5 nitrogen and oxygen atoms in total. The van der Waals surface area contributed by atoms with Gasteiger partial charge in [0.1, 0.15) is 5.82 Å². The summed E-state index contributed by atoms with van der Waals surface area (Å²) in [5, 5.41) is 18.0. The van der Waals surface area contributed by atoms with Crippen LogP contribution in [0, 0.1) is 5.82 Å². The van der Waals surface area contributed by atoms with Crippen LogP contribution in [0.5, 0.6) is 0 Å². The first kappa shape index (κ1) is 13.5. The van der Waals surface area contributed by atoms with E-state index in [-0.39, 0.29) is 17.8 Å². The van der Waals surface area contributed by atoms with Crippen LogP contribution in [0.2, 0.25) is 0 Å². The van der Waals surface area contributed by atoms with E-state index >= 15 is 0 Å². The fourth-order valence-corrected chi connectivity index (χ4v) is 3.49. The summed E-state index contributed by atoms with van der Waals surface area (Å²) in [5.74, 6) is -0.509. The van der Waals surface area contributed by atoms with Crippen molar-refractivity contribution in [3.8, 4) is 0 Å². The third-order valence-corrected chi connectivity index (χ3v) is 4.74. The van der Waals surface area contributed by atoms with E-state index in [1.807, 2.05) is 0 Å². The Morgan fingerprint density at radius 3 is 2.61 bits per heavy atom. The van der Waals surface area contributed by atoms with Gasteiger partial charge in [-0.15, -0.1) is 0 Å². The molecule has 0 amide bonds. The van der Waals surface area contributed by atoms with Crippen LogP contribution in [0.3, 0.4) is 0 Å². The molecule has 1 aromatic carbocycles. The standard InChI is InChI=1S/C10H13BFNO4S/c12-10-5-8(4-9(6-10)11(14)15)7-13-2-1-3-18(13,16)17/h4-6,14-15H,1-3,7H2. The van der Waals surface area contributed by atoms with Gasteiger partial charge in [0.25, 0.3) is 0 Å². The summed E-state index contributed by atoms with van der Waals surface area (Å²) in [4.78, 5) is 0. The number of hydrogen-bond donors (Lipinski definition) is 2. The first-order valence-electron chi connectivity index (χ1n) is 5.52. The molecular formula is C10H13BFNO4S. The van der Waals surface area contributed by atoms with Crippen LogP contribution in [0.15, 0.2) is 18.2 Å². The molecule has 0 spiro atoms. The van der Waals surface area contributed by atoms with Gasteiger partial charge in [-0.1, -0.05) is 6.07 Å². The van der Waals surface area contributed by atoms with Crippen LogP contribution in [-0.2, 0) is 16.6 Å². The Bertz CT molecular complexity index is 549. The number of benzene rings is 1. The van der Waals surface area contributed by atoms with Crippen molar-refractivity contribution >= 4 is 22.6 Å². The van der Waals surface area contributed by atoms with Gasteiger partial charge in [-0.2, -0.15) is 4.31 Å². The topological polar surface area (TPSA) is 77.8 Å².